The van der Waals surface area contributed by atoms with Crippen molar-refractivity contribution in [2.24, 2.45) is 5.41 Å². The summed E-state index contributed by atoms with van der Waals surface area (Å²) in [5.74, 6) is 0. The van der Waals surface area contributed by atoms with Crippen molar-refractivity contribution in [2.45, 2.75) is 39.0 Å². The third-order valence-corrected chi connectivity index (χ3v) is 4.65. The molecule has 1 rings (SSSR count). The summed E-state index contributed by atoms with van der Waals surface area (Å²) in [7, 11) is 0. The van der Waals surface area contributed by atoms with Gasteiger partial charge in [-0.05, 0) is 39.8 Å². The largest absolute Gasteiger partial charge is 0.283 e. The summed E-state index contributed by atoms with van der Waals surface area (Å²) >= 11 is 9.61. The van der Waals surface area contributed by atoms with E-state index in [1.54, 1.807) is 6.07 Å². The summed E-state index contributed by atoms with van der Waals surface area (Å²) < 4.78 is 0.563. The number of hydrogen-bond donors (Lipinski definition) is 0. The third kappa shape index (κ3) is 3.95. The van der Waals surface area contributed by atoms with E-state index in [4.69, 9.17) is 11.6 Å². The van der Waals surface area contributed by atoms with Crippen molar-refractivity contribution >= 4 is 33.2 Å². The van der Waals surface area contributed by atoms with Gasteiger partial charge >= 0.3 is 0 Å². The summed E-state index contributed by atoms with van der Waals surface area (Å²) in [5.41, 5.74) is 1.07. The van der Waals surface area contributed by atoms with Crippen LogP contribution in [0.4, 0.5) is 5.69 Å². The van der Waals surface area contributed by atoms with Crippen LogP contribution in [0.1, 0.15) is 32.8 Å². The van der Waals surface area contributed by atoms with Crippen LogP contribution in [0.2, 0.25) is 0 Å². The number of hydrogen-bond acceptors (Lipinski definition) is 2. The highest BCUT2D eigenvalue weighted by atomic mass is 79.9. The Morgan fingerprint density at radius 3 is 2.56 bits per heavy atom. The topological polar surface area (TPSA) is 43.1 Å². The van der Waals surface area contributed by atoms with Gasteiger partial charge in [-0.2, -0.15) is 0 Å². The van der Waals surface area contributed by atoms with Crippen molar-refractivity contribution in [2.75, 3.05) is 0 Å². The lowest BCUT2D eigenvalue weighted by Gasteiger charge is -2.25. The molecule has 5 heteroatoms. The van der Waals surface area contributed by atoms with Crippen molar-refractivity contribution in [1.82, 2.24) is 0 Å². The van der Waals surface area contributed by atoms with E-state index >= 15 is 0 Å². The van der Waals surface area contributed by atoms with Gasteiger partial charge in [-0.15, -0.1) is 11.6 Å². The normalized spacial score (nSPS) is 13.4. The monoisotopic (exact) mass is 333 g/mol. The Morgan fingerprint density at radius 2 is 2.06 bits per heavy atom. The molecule has 1 aromatic carbocycles. The first-order valence-electron chi connectivity index (χ1n) is 5.79. The van der Waals surface area contributed by atoms with Crippen LogP contribution in [0.5, 0.6) is 0 Å². The SMILES string of the molecule is CC(C)(C)C(Cl)CCc1cccc([N+](=O)[O-])c1Br. The molecule has 0 aliphatic carbocycles. The molecule has 0 amide bonds. The predicted octanol–water partition coefficient (Wildman–Crippen LogP) is 4.94. The molecule has 1 aromatic rings. The maximum atomic E-state index is 10.8. The van der Waals surface area contributed by atoms with Crippen LogP contribution >= 0.6 is 27.5 Å². The fraction of sp³-hybridized carbons (Fsp3) is 0.538. The number of rotatable bonds is 4. The van der Waals surface area contributed by atoms with Crippen LogP contribution in [0.15, 0.2) is 22.7 Å². The average Bonchev–Trinajstić information content (AvgIpc) is 2.25. The lowest BCUT2D eigenvalue weighted by molar-refractivity contribution is -0.385. The molecule has 3 nitrogen and oxygen atoms in total. The van der Waals surface area contributed by atoms with Gasteiger partial charge in [0.2, 0.25) is 0 Å². The molecule has 0 fully saturated rings. The van der Waals surface area contributed by atoms with Gasteiger partial charge in [0.15, 0.2) is 0 Å². The lowest BCUT2D eigenvalue weighted by Crippen LogP contribution is -2.21. The quantitative estimate of drug-likeness (QED) is 0.444. The van der Waals surface area contributed by atoms with Gasteiger partial charge in [-0.25, -0.2) is 0 Å². The second-order valence-corrected chi connectivity index (χ2v) is 6.70. The minimum atomic E-state index is -0.379. The van der Waals surface area contributed by atoms with Gasteiger partial charge in [0.05, 0.1) is 9.40 Å². The van der Waals surface area contributed by atoms with E-state index < -0.39 is 0 Å². The van der Waals surface area contributed by atoms with Gasteiger partial charge in [-0.1, -0.05) is 32.9 Å². The standard InChI is InChI=1S/C13H17BrClNO2/c1-13(2,3)11(15)8-7-9-5-4-6-10(12(9)14)16(17)18/h4-6,11H,7-8H2,1-3H3. The molecule has 0 N–H and O–H groups in total. The molecule has 0 aliphatic rings. The number of halogens is 2. The Morgan fingerprint density at radius 1 is 1.44 bits per heavy atom. The van der Waals surface area contributed by atoms with E-state index in [9.17, 15) is 10.1 Å². The highest BCUT2D eigenvalue weighted by Crippen LogP contribution is 2.32. The molecule has 0 bridgehead atoms. The molecule has 1 atom stereocenters. The fourth-order valence-electron chi connectivity index (χ4n) is 1.62. The molecule has 1 unspecified atom stereocenters. The van der Waals surface area contributed by atoms with E-state index in [-0.39, 0.29) is 21.4 Å². The van der Waals surface area contributed by atoms with Crippen LogP contribution in [0.25, 0.3) is 0 Å². The molecular formula is C13H17BrClNO2. The van der Waals surface area contributed by atoms with Crippen LogP contribution < -0.4 is 0 Å². The number of benzene rings is 1. The number of aryl methyl sites for hydroxylation is 1. The molecule has 0 spiro atoms. The van der Waals surface area contributed by atoms with Crippen LogP contribution in [0.3, 0.4) is 0 Å². The zero-order valence-corrected chi connectivity index (χ0v) is 13.1. The molecule has 0 saturated carbocycles. The first kappa shape index (κ1) is 15.4. The number of nitrogens with zero attached hydrogens (tertiary/aromatic N) is 1. The Hall–Kier alpha value is -0.610. The summed E-state index contributed by atoms with van der Waals surface area (Å²) in [5, 5.41) is 10.9. The number of nitro benzene ring substituents is 1. The van der Waals surface area contributed by atoms with Gasteiger partial charge in [0.1, 0.15) is 0 Å². The minimum Gasteiger partial charge on any atom is -0.258 e. The Balaban J connectivity index is 2.81. The van der Waals surface area contributed by atoms with Crippen molar-refractivity contribution in [3.05, 3.63) is 38.3 Å². The Labute approximate surface area is 121 Å². The highest BCUT2D eigenvalue weighted by molar-refractivity contribution is 9.10. The first-order chi connectivity index (χ1) is 8.23. The highest BCUT2D eigenvalue weighted by Gasteiger charge is 2.23. The first-order valence-corrected chi connectivity index (χ1v) is 7.02. The zero-order valence-electron chi connectivity index (χ0n) is 10.7. The number of alkyl halides is 1. The van der Waals surface area contributed by atoms with Crippen molar-refractivity contribution in [3.63, 3.8) is 0 Å². The van der Waals surface area contributed by atoms with E-state index in [1.165, 1.54) is 6.07 Å². The molecule has 0 aliphatic heterocycles. The molecular weight excluding hydrogens is 318 g/mol. The van der Waals surface area contributed by atoms with Crippen LogP contribution in [-0.4, -0.2) is 10.3 Å². The second kappa shape index (κ2) is 6.02. The number of nitro groups is 1. The van der Waals surface area contributed by atoms with Gasteiger partial charge in [0.25, 0.3) is 5.69 Å². The van der Waals surface area contributed by atoms with Crippen LogP contribution in [-0.2, 0) is 6.42 Å². The van der Waals surface area contributed by atoms with E-state index in [0.29, 0.717) is 4.47 Å². The molecule has 0 saturated heterocycles. The summed E-state index contributed by atoms with van der Waals surface area (Å²) in [6.45, 7) is 6.27. The molecule has 0 aromatic heterocycles. The summed E-state index contributed by atoms with van der Waals surface area (Å²) in [6, 6.07) is 5.09. The smallest absolute Gasteiger partial charge is 0.258 e. The van der Waals surface area contributed by atoms with Crippen molar-refractivity contribution < 1.29 is 4.92 Å². The summed E-state index contributed by atoms with van der Waals surface area (Å²) in [4.78, 5) is 10.4. The molecule has 0 heterocycles. The van der Waals surface area contributed by atoms with Gasteiger partial charge in [0, 0.05) is 11.4 Å². The molecule has 18 heavy (non-hydrogen) atoms. The van der Waals surface area contributed by atoms with Gasteiger partial charge in [-0.3, -0.25) is 10.1 Å². The fourth-order valence-corrected chi connectivity index (χ4v) is 2.33. The Bertz CT molecular complexity index is 443. The van der Waals surface area contributed by atoms with Crippen molar-refractivity contribution in [1.29, 1.82) is 0 Å². The van der Waals surface area contributed by atoms with E-state index in [0.717, 1.165) is 18.4 Å². The second-order valence-electron chi connectivity index (χ2n) is 5.38. The van der Waals surface area contributed by atoms with E-state index in [1.807, 2.05) is 6.07 Å². The Kier molecular flexibility index (Phi) is 5.17. The third-order valence-electron chi connectivity index (χ3n) is 2.86. The predicted molar refractivity (Wildman–Crippen MR) is 78.2 cm³/mol. The minimum absolute atomic E-state index is 0.0365. The zero-order chi connectivity index (χ0) is 13.9. The van der Waals surface area contributed by atoms with Crippen LogP contribution in [0, 0.1) is 15.5 Å². The molecule has 0 radical (unpaired) electrons. The maximum Gasteiger partial charge on any atom is 0.283 e. The van der Waals surface area contributed by atoms with Gasteiger partial charge < -0.3 is 0 Å². The van der Waals surface area contributed by atoms with Crippen molar-refractivity contribution in [3.8, 4) is 0 Å². The lowest BCUT2D eigenvalue weighted by atomic mass is 9.88. The summed E-state index contributed by atoms with van der Waals surface area (Å²) in [6.07, 6.45) is 1.53. The maximum absolute atomic E-state index is 10.8. The average molecular weight is 335 g/mol. The molecule has 100 valence electrons. The van der Waals surface area contributed by atoms with E-state index in [2.05, 4.69) is 36.7 Å².